The highest BCUT2D eigenvalue weighted by Crippen LogP contribution is 2.27. The van der Waals surface area contributed by atoms with Crippen LogP contribution in [-0.2, 0) is 26.2 Å². The van der Waals surface area contributed by atoms with Crippen LogP contribution in [0.2, 0.25) is 5.02 Å². The number of anilines is 1. The molecule has 1 fully saturated rings. The molecular weight excluding hydrogens is 565 g/mol. The van der Waals surface area contributed by atoms with Crippen molar-refractivity contribution in [3.63, 3.8) is 0 Å². The van der Waals surface area contributed by atoms with E-state index in [0.29, 0.717) is 5.02 Å². The number of halogens is 2. The molecule has 3 aromatic rings. The summed E-state index contributed by atoms with van der Waals surface area (Å²) in [4.78, 5) is 28.6. The second-order valence-corrected chi connectivity index (χ2v) is 12.7. The first-order chi connectivity index (χ1) is 19.6. The van der Waals surface area contributed by atoms with Crippen molar-refractivity contribution in [2.45, 2.75) is 69.5 Å². The number of nitrogens with one attached hydrogen (secondary N) is 1. The SMILES string of the molecule is Cc1ccc(S(=O)(=O)N(CC(=O)N(Cc2ccccc2F)C(C)C(=O)NC2CCCCC2)c2cccc(Cl)c2)cc1. The third kappa shape index (κ3) is 7.65. The number of carbonyl (C=O) groups is 2. The Balaban J connectivity index is 1.68. The van der Waals surface area contributed by atoms with Crippen molar-refractivity contribution >= 4 is 39.1 Å². The molecule has 218 valence electrons. The highest BCUT2D eigenvalue weighted by Gasteiger charge is 2.33. The largest absolute Gasteiger partial charge is 0.352 e. The molecular formula is C31H35ClFN3O4S. The summed E-state index contributed by atoms with van der Waals surface area (Å²) >= 11 is 6.20. The fourth-order valence-corrected chi connectivity index (χ4v) is 6.55. The number of sulfonamides is 1. The first kappa shape index (κ1) is 30.5. The predicted octanol–water partition coefficient (Wildman–Crippen LogP) is 5.85. The number of carbonyl (C=O) groups excluding carboxylic acids is 2. The maximum absolute atomic E-state index is 14.7. The Kier molecular flexibility index (Phi) is 10.0. The number of aryl methyl sites for hydroxylation is 1. The van der Waals surface area contributed by atoms with Gasteiger partial charge >= 0.3 is 0 Å². The second-order valence-electron chi connectivity index (χ2n) is 10.4. The topological polar surface area (TPSA) is 86.8 Å². The predicted molar refractivity (Wildman–Crippen MR) is 159 cm³/mol. The van der Waals surface area contributed by atoms with Gasteiger partial charge in [-0.05, 0) is 63.1 Å². The molecule has 1 N–H and O–H groups in total. The Bertz CT molecular complexity index is 1480. The van der Waals surface area contributed by atoms with Crippen molar-refractivity contribution < 1.29 is 22.4 Å². The molecule has 0 radical (unpaired) electrons. The zero-order valence-corrected chi connectivity index (χ0v) is 24.8. The molecule has 1 aliphatic carbocycles. The van der Waals surface area contributed by atoms with Crippen molar-refractivity contribution in [1.29, 1.82) is 0 Å². The van der Waals surface area contributed by atoms with E-state index in [0.717, 1.165) is 42.0 Å². The van der Waals surface area contributed by atoms with Gasteiger partial charge in [-0.1, -0.05) is 72.8 Å². The fourth-order valence-electron chi connectivity index (χ4n) is 4.96. The smallest absolute Gasteiger partial charge is 0.264 e. The maximum atomic E-state index is 14.7. The van der Waals surface area contributed by atoms with Crippen LogP contribution in [0.5, 0.6) is 0 Å². The zero-order chi connectivity index (χ0) is 29.6. The normalized spacial score (nSPS) is 14.7. The van der Waals surface area contributed by atoms with E-state index in [4.69, 9.17) is 11.6 Å². The minimum absolute atomic E-state index is 0.000352. The average molecular weight is 600 g/mol. The molecule has 1 atom stereocenters. The molecule has 1 unspecified atom stereocenters. The Morgan fingerprint density at radius 3 is 2.34 bits per heavy atom. The van der Waals surface area contributed by atoms with Gasteiger partial charge in [0.1, 0.15) is 18.4 Å². The van der Waals surface area contributed by atoms with E-state index in [9.17, 15) is 22.4 Å². The van der Waals surface area contributed by atoms with E-state index in [1.54, 1.807) is 55.5 Å². The van der Waals surface area contributed by atoms with Crippen LogP contribution in [0.4, 0.5) is 10.1 Å². The van der Waals surface area contributed by atoms with Crippen LogP contribution >= 0.6 is 11.6 Å². The highest BCUT2D eigenvalue weighted by atomic mass is 35.5. The first-order valence-electron chi connectivity index (χ1n) is 13.7. The van der Waals surface area contributed by atoms with Gasteiger partial charge in [0.05, 0.1) is 10.6 Å². The molecule has 0 spiro atoms. The summed E-state index contributed by atoms with van der Waals surface area (Å²) < 4.78 is 43.4. The summed E-state index contributed by atoms with van der Waals surface area (Å²) in [6.45, 7) is 2.59. The van der Waals surface area contributed by atoms with E-state index in [-0.39, 0.29) is 34.6 Å². The monoisotopic (exact) mass is 599 g/mol. The van der Waals surface area contributed by atoms with E-state index in [1.165, 1.54) is 29.2 Å². The lowest BCUT2D eigenvalue weighted by molar-refractivity contribution is -0.139. The van der Waals surface area contributed by atoms with Crippen molar-refractivity contribution in [2.24, 2.45) is 0 Å². The average Bonchev–Trinajstić information content (AvgIpc) is 2.95. The van der Waals surface area contributed by atoms with Crippen LogP contribution in [0.1, 0.15) is 50.2 Å². The quantitative estimate of drug-likeness (QED) is 0.317. The number of benzene rings is 3. The van der Waals surface area contributed by atoms with Gasteiger partial charge in [-0.25, -0.2) is 12.8 Å². The van der Waals surface area contributed by atoms with Gasteiger partial charge in [0, 0.05) is 23.2 Å². The lowest BCUT2D eigenvalue weighted by Crippen LogP contribution is -2.53. The summed E-state index contributed by atoms with van der Waals surface area (Å²) in [7, 11) is -4.21. The van der Waals surface area contributed by atoms with Gasteiger partial charge in [-0.15, -0.1) is 0 Å². The zero-order valence-electron chi connectivity index (χ0n) is 23.2. The third-order valence-electron chi connectivity index (χ3n) is 7.40. The standard InChI is InChI=1S/C31H35ClFN3O4S/c1-22-15-17-28(18-16-22)41(39,40)36(27-13-8-10-25(32)19-27)21-30(37)35(20-24-9-6-7-14-29(24)33)23(2)31(38)34-26-11-4-3-5-12-26/h6-10,13-19,23,26H,3-5,11-12,20-21H2,1-2H3,(H,34,38). The van der Waals surface area contributed by atoms with Gasteiger partial charge < -0.3 is 10.2 Å². The molecule has 1 aliphatic rings. The van der Waals surface area contributed by atoms with Crippen molar-refractivity contribution in [3.05, 3.63) is 94.8 Å². The van der Waals surface area contributed by atoms with E-state index in [2.05, 4.69) is 5.32 Å². The van der Waals surface area contributed by atoms with E-state index >= 15 is 0 Å². The lowest BCUT2D eigenvalue weighted by atomic mass is 9.95. The fraction of sp³-hybridized carbons (Fsp3) is 0.355. The number of hydrogen-bond acceptors (Lipinski definition) is 4. The van der Waals surface area contributed by atoms with Crippen LogP contribution in [0.25, 0.3) is 0 Å². The molecule has 2 amide bonds. The van der Waals surface area contributed by atoms with Gasteiger partial charge in [-0.3, -0.25) is 13.9 Å². The minimum Gasteiger partial charge on any atom is -0.352 e. The molecule has 3 aromatic carbocycles. The Hall–Kier alpha value is -3.43. The molecule has 0 saturated heterocycles. The van der Waals surface area contributed by atoms with Gasteiger partial charge in [0.25, 0.3) is 10.0 Å². The number of rotatable bonds is 10. The summed E-state index contributed by atoms with van der Waals surface area (Å²) in [5.74, 6) is -1.54. The number of nitrogens with zero attached hydrogens (tertiary/aromatic N) is 2. The number of amides is 2. The van der Waals surface area contributed by atoms with Crippen LogP contribution in [0.15, 0.2) is 77.7 Å². The molecule has 7 nitrogen and oxygen atoms in total. The van der Waals surface area contributed by atoms with Crippen LogP contribution in [-0.4, -0.2) is 43.8 Å². The highest BCUT2D eigenvalue weighted by molar-refractivity contribution is 7.92. The van der Waals surface area contributed by atoms with Crippen molar-refractivity contribution in [3.8, 4) is 0 Å². The van der Waals surface area contributed by atoms with Gasteiger partial charge in [0.15, 0.2) is 0 Å². The Morgan fingerprint density at radius 1 is 1.00 bits per heavy atom. The third-order valence-corrected chi connectivity index (χ3v) is 9.42. The summed E-state index contributed by atoms with van der Waals surface area (Å²) in [6, 6.07) is 17.5. The molecule has 0 aromatic heterocycles. The molecule has 0 heterocycles. The minimum atomic E-state index is -4.21. The lowest BCUT2D eigenvalue weighted by Gasteiger charge is -2.33. The molecule has 10 heteroatoms. The first-order valence-corrected chi connectivity index (χ1v) is 15.6. The van der Waals surface area contributed by atoms with Crippen molar-refractivity contribution in [1.82, 2.24) is 10.2 Å². The van der Waals surface area contributed by atoms with Crippen LogP contribution < -0.4 is 9.62 Å². The molecule has 41 heavy (non-hydrogen) atoms. The molecule has 4 rings (SSSR count). The molecule has 0 aliphatic heterocycles. The van der Waals surface area contributed by atoms with Gasteiger partial charge in [0.2, 0.25) is 11.8 Å². The summed E-state index contributed by atoms with van der Waals surface area (Å²) in [5.41, 5.74) is 1.29. The van der Waals surface area contributed by atoms with E-state index in [1.807, 2.05) is 6.92 Å². The summed E-state index contributed by atoms with van der Waals surface area (Å²) in [5, 5.41) is 3.33. The maximum Gasteiger partial charge on any atom is 0.264 e. The second kappa shape index (κ2) is 13.5. The molecule has 1 saturated carbocycles. The van der Waals surface area contributed by atoms with Gasteiger partial charge in [-0.2, -0.15) is 0 Å². The number of hydrogen-bond donors (Lipinski definition) is 1. The summed E-state index contributed by atoms with van der Waals surface area (Å²) in [6.07, 6.45) is 4.87. The van der Waals surface area contributed by atoms with Crippen LogP contribution in [0.3, 0.4) is 0 Å². The molecule has 0 bridgehead atoms. The Morgan fingerprint density at radius 2 is 1.68 bits per heavy atom. The van der Waals surface area contributed by atoms with Crippen LogP contribution in [0, 0.1) is 12.7 Å². The van der Waals surface area contributed by atoms with Crippen molar-refractivity contribution in [2.75, 3.05) is 10.8 Å². The Labute approximate surface area is 246 Å². The van der Waals surface area contributed by atoms with E-state index < -0.39 is 34.3 Å².